The molecule has 1 saturated heterocycles. The minimum absolute atomic E-state index is 0.550. The van der Waals surface area contributed by atoms with Gasteiger partial charge in [0.25, 0.3) is 0 Å². The summed E-state index contributed by atoms with van der Waals surface area (Å²) in [6, 6.07) is 0.708. The molecule has 1 saturated carbocycles. The minimum atomic E-state index is 0.550. The van der Waals surface area contributed by atoms with E-state index in [1.165, 1.54) is 51.4 Å². The van der Waals surface area contributed by atoms with Crippen molar-refractivity contribution in [1.29, 1.82) is 0 Å². The van der Waals surface area contributed by atoms with E-state index in [2.05, 4.69) is 19.2 Å². The molecule has 0 aromatic rings. The first-order valence-corrected chi connectivity index (χ1v) is 7.59. The molecule has 1 heterocycles. The summed E-state index contributed by atoms with van der Waals surface area (Å²) in [5.74, 6) is 0. The lowest BCUT2D eigenvalue weighted by Crippen LogP contribution is -2.42. The first-order valence-electron chi connectivity index (χ1n) is 7.59. The maximum absolute atomic E-state index is 5.75. The van der Waals surface area contributed by atoms with Gasteiger partial charge in [0, 0.05) is 12.6 Å². The van der Waals surface area contributed by atoms with Crippen molar-refractivity contribution < 1.29 is 4.74 Å². The summed E-state index contributed by atoms with van der Waals surface area (Å²) in [5, 5.41) is 3.73. The van der Waals surface area contributed by atoms with Gasteiger partial charge in [-0.3, -0.25) is 0 Å². The van der Waals surface area contributed by atoms with E-state index in [0.29, 0.717) is 17.6 Å². The normalized spacial score (nSPS) is 29.6. The van der Waals surface area contributed by atoms with Crippen LogP contribution in [0.2, 0.25) is 0 Å². The average Bonchev–Trinajstić information content (AvgIpc) is 2.96. The predicted octanol–water partition coefficient (Wildman–Crippen LogP) is 3.50. The topological polar surface area (TPSA) is 21.3 Å². The van der Waals surface area contributed by atoms with E-state index in [-0.39, 0.29) is 0 Å². The molecular formula is C15H29NO. The standard InChI is InChI=1S/C15H29NO/c1-3-16-14(15(2)10-4-5-11-15)9-8-13-7-6-12-17-13/h13-14,16H,3-12H2,1-2H3. The molecule has 100 valence electrons. The largest absolute Gasteiger partial charge is 0.378 e. The van der Waals surface area contributed by atoms with E-state index in [1.807, 2.05) is 0 Å². The smallest absolute Gasteiger partial charge is 0.0576 e. The molecule has 2 aliphatic rings. The Morgan fingerprint density at radius 1 is 1.29 bits per heavy atom. The second kappa shape index (κ2) is 6.19. The number of hydrogen-bond donors (Lipinski definition) is 1. The molecule has 2 nitrogen and oxygen atoms in total. The van der Waals surface area contributed by atoms with Crippen LogP contribution >= 0.6 is 0 Å². The fourth-order valence-corrected chi connectivity index (χ4v) is 3.70. The summed E-state index contributed by atoms with van der Waals surface area (Å²) in [6.07, 6.45) is 11.4. The van der Waals surface area contributed by atoms with Crippen LogP contribution in [0, 0.1) is 5.41 Å². The van der Waals surface area contributed by atoms with Gasteiger partial charge in [0.1, 0.15) is 0 Å². The third-order valence-electron chi connectivity index (χ3n) is 4.84. The molecule has 2 unspecified atom stereocenters. The van der Waals surface area contributed by atoms with E-state index in [0.717, 1.165) is 13.2 Å². The summed E-state index contributed by atoms with van der Waals surface area (Å²) in [6.45, 7) is 6.82. The van der Waals surface area contributed by atoms with Crippen LogP contribution in [-0.2, 0) is 4.74 Å². The maximum atomic E-state index is 5.75. The summed E-state index contributed by atoms with van der Waals surface area (Å²) in [5.41, 5.74) is 0.550. The van der Waals surface area contributed by atoms with E-state index >= 15 is 0 Å². The number of rotatable bonds is 6. The molecule has 0 radical (unpaired) electrons. The lowest BCUT2D eigenvalue weighted by Gasteiger charge is -2.35. The van der Waals surface area contributed by atoms with Crippen molar-refractivity contribution in [2.24, 2.45) is 5.41 Å². The zero-order chi connectivity index (χ0) is 12.1. The van der Waals surface area contributed by atoms with Crippen LogP contribution < -0.4 is 5.32 Å². The minimum Gasteiger partial charge on any atom is -0.378 e. The Labute approximate surface area is 107 Å². The Morgan fingerprint density at radius 2 is 2.06 bits per heavy atom. The highest BCUT2D eigenvalue weighted by Gasteiger charge is 2.36. The van der Waals surface area contributed by atoms with Crippen molar-refractivity contribution in [3.05, 3.63) is 0 Å². The third-order valence-corrected chi connectivity index (χ3v) is 4.84. The average molecular weight is 239 g/mol. The molecule has 1 aliphatic heterocycles. The number of nitrogens with one attached hydrogen (secondary N) is 1. The van der Waals surface area contributed by atoms with Gasteiger partial charge in [0.05, 0.1) is 6.10 Å². The van der Waals surface area contributed by atoms with Gasteiger partial charge in [0.15, 0.2) is 0 Å². The van der Waals surface area contributed by atoms with Crippen LogP contribution in [0.15, 0.2) is 0 Å². The SMILES string of the molecule is CCNC(CCC1CCCO1)C1(C)CCCC1. The molecule has 1 N–H and O–H groups in total. The van der Waals surface area contributed by atoms with Gasteiger partial charge in [-0.15, -0.1) is 0 Å². The summed E-state index contributed by atoms with van der Waals surface area (Å²) < 4.78 is 5.75. The fraction of sp³-hybridized carbons (Fsp3) is 1.00. The molecule has 0 aromatic heterocycles. The highest BCUT2D eigenvalue weighted by Crippen LogP contribution is 2.42. The zero-order valence-corrected chi connectivity index (χ0v) is 11.6. The highest BCUT2D eigenvalue weighted by atomic mass is 16.5. The molecule has 1 aliphatic carbocycles. The zero-order valence-electron chi connectivity index (χ0n) is 11.6. The van der Waals surface area contributed by atoms with E-state index in [4.69, 9.17) is 4.74 Å². The van der Waals surface area contributed by atoms with Gasteiger partial charge in [-0.25, -0.2) is 0 Å². The van der Waals surface area contributed by atoms with Gasteiger partial charge in [-0.05, 0) is 50.5 Å². The van der Waals surface area contributed by atoms with Crippen molar-refractivity contribution in [1.82, 2.24) is 5.32 Å². The van der Waals surface area contributed by atoms with Crippen molar-refractivity contribution in [2.75, 3.05) is 13.2 Å². The second-order valence-electron chi connectivity index (χ2n) is 6.18. The number of hydrogen-bond acceptors (Lipinski definition) is 2. The summed E-state index contributed by atoms with van der Waals surface area (Å²) in [4.78, 5) is 0. The van der Waals surface area contributed by atoms with Gasteiger partial charge >= 0.3 is 0 Å². The molecule has 0 bridgehead atoms. The summed E-state index contributed by atoms with van der Waals surface area (Å²) in [7, 11) is 0. The first-order chi connectivity index (χ1) is 8.24. The van der Waals surface area contributed by atoms with Crippen LogP contribution in [0.25, 0.3) is 0 Å². The Morgan fingerprint density at radius 3 is 2.65 bits per heavy atom. The monoisotopic (exact) mass is 239 g/mol. The van der Waals surface area contributed by atoms with Crippen LogP contribution in [0.3, 0.4) is 0 Å². The molecule has 0 amide bonds. The second-order valence-corrected chi connectivity index (χ2v) is 6.18. The van der Waals surface area contributed by atoms with Crippen molar-refractivity contribution in [2.45, 2.75) is 77.4 Å². The lowest BCUT2D eigenvalue weighted by molar-refractivity contribution is 0.0913. The van der Waals surface area contributed by atoms with E-state index in [1.54, 1.807) is 0 Å². The molecule has 0 aromatic carbocycles. The summed E-state index contributed by atoms with van der Waals surface area (Å²) >= 11 is 0. The Balaban J connectivity index is 1.82. The molecule has 2 heteroatoms. The molecule has 2 fully saturated rings. The van der Waals surface area contributed by atoms with Crippen LogP contribution in [0.1, 0.15) is 65.2 Å². The van der Waals surface area contributed by atoms with Gasteiger partial charge in [-0.2, -0.15) is 0 Å². The molecular weight excluding hydrogens is 210 g/mol. The van der Waals surface area contributed by atoms with Crippen molar-refractivity contribution >= 4 is 0 Å². The predicted molar refractivity (Wildman–Crippen MR) is 72.2 cm³/mol. The van der Waals surface area contributed by atoms with Crippen molar-refractivity contribution in [3.8, 4) is 0 Å². The van der Waals surface area contributed by atoms with Gasteiger partial charge in [-0.1, -0.05) is 26.7 Å². The fourth-order valence-electron chi connectivity index (χ4n) is 3.70. The Hall–Kier alpha value is -0.0800. The van der Waals surface area contributed by atoms with E-state index in [9.17, 15) is 0 Å². The van der Waals surface area contributed by atoms with Crippen LogP contribution in [0.4, 0.5) is 0 Å². The number of ether oxygens (including phenoxy) is 1. The van der Waals surface area contributed by atoms with Crippen molar-refractivity contribution in [3.63, 3.8) is 0 Å². The van der Waals surface area contributed by atoms with Gasteiger partial charge < -0.3 is 10.1 Å². The lowest BCUT2D eigenvalue weighted by atomic mass is 9.78. The van der Waals surface area contributed by atoms with Crippen LogP contribution in [-0.4, -0.2) is 25.3 Å². The molecule has 17 heavy (non-hydrogen) atoms. The molecule has 2 rings (SSSR count). The Bertz CT molecular complexity index is 217. The first kappa shape index (κ1) is 13.4. The highest BCUT2D eigenvalue weighted by molar-refractivity contribution is 4.91. The van der Waals surface area contributed by atoms with Crippen LogP contribution in [0.5, 0.6) is 0 Å². The third kappa shape index (κ3) is 3.45. The Kier molecular flexibility index (Phi) is 4.87. The molecule has 0 spiro atoms. The quantitative estimate of drug-likeness (QED) is 0.766. The maximum Gasteiger partial charge on any atom is 0.0576 e. The van der Waals surface area contributed by atoms with Gasteiger partial charge in [0.2, 0.25) is 0 Å². The van der Waals surface area contributed by atoms with E-state index < -0.39 is 0 Å². The molecule has 2 atom stereocenters.